The molecule has 3 nitrogen and oxygen atoms in total. The van der Waals surface area contributed by atoms with E-state index >= 15 is 0 Å². The molecular formula is C18H13N3S. The van der Waals surface area contributed by atoms with Crippen molar-refractivity contribution in [1.82, 2.24) is 9.97 Å². The van der Waals surface area contributed by atoms with Crippen molar-refractivity contribution in [2.45, 2.75) is 0 Å². The van der Waals surface area contributed by atoms with Crippen LogP contribution in [0.4, 0.5) is 5.82 Å². The molecule has 4 heteroatoms. The summed E-state index contributed by atoms with van der Waals surface area (Å²) in [5, 5.41) is 0.942. The Morgan fingerprint density at radius 3 is 2.09 bits per heavy atom. The number of nitrogens with zero attached hydrogens (tertiary/aromatic N) is 2. The van der Waals surface area contributed by atoms with Gasteiger partial charge >= 0.3 is 0 Å². The summed E-state index contributed by atoms with van der Waals surface area (Å²) >= 11 is 1.65. The Balaban J connectivity index is 2.11. The molecule has 0 unspecified atom stereocenters. The van der Waals surface area contributed by atoms with Gasteiger partial charge in [-0.1, -0.05) is 60.7 Å². The van der Waals surface area contributed by atoms with Crippen LogP contribution in [0.25, 0.3) is 31.8 Å². The van der Waals surface area contributed by atoms with E-state index in [-0.39, 0.29) is 0 Å². The minimum Gasteiger partial charge on any atom is -0.383 e. The summed E-state index contributed by atoms with van der Waals surface area (Å²) in [4.78, 5) is 10.7. The van der Waals surface area contributed by atoms with Crippen molar-refractivity contribution in [3.8, 4) is 21.6 Å². The molecule has 0 aliphatic rings. The summed E-state index contributed by atoms with van der Waals surface area (Å²) in [6.07, 6.45) is 1.53. The standard InChI is InChI=1S/C18H13N3S/c19-17-15-14(12-7-3-1-4-8-12)16(13-9-5-2-6-10-13)22-18(15)21-11-20-17/h1-11H,(H2,19,20,21). The Kier molecular flexibility index (Phi) is 3.09. The van der Waals surface area contributed by atoms with Gasteiger partial charge in [0.1, 0.15) is 17.0 Å². The Labute approximate surface area is 132 Å². The SMILES string of the molecule is Nc1ncnc2sc(-c3ccccc3)c(-c3ccccc3)c12. The number of aromatic nitrogens is 2. The molecule has 0 bridgehead atoms. The van der Waals surface area contributed by atoms with E-state index in [0.29, 0.717) is 5.82 Å². The van der Waals surface area contributed by atoms with Crippen LogP contribution in [0.15, 0.2) is 67.0 Å². The highest BCUT2D eigenvalue weighted by Crippen LogP contribution is 2.45. The van der Waals surface area contributed by atoms with E-state index in [0.717, 1.165) is 21.3 Å². The lowest BCUT2D eigenvalue weighted by Gasteiger charge is -2.06. The molecular weight excluding hydrogens is 290 g/mol. The number of hydrogen-bond acceptors (Lipinski definition) is 4. The van der Waals surface area contributed by atoms with Crippen LogP contribution in [0.1, 0.15) is 0 Å². The van der Waals surface area contributed by atoms with Crippen LogP contribution < -0.4 is 5.73 Å². The second-order valence-electron chi connectivity index (χ2n) is 4.98. The molecule has 4 rings (SSSR count). The lowest BCUT2D eigenvalue weighted by atomic mass is 10.00. The fraction of sp³-hybridized carbons (Fsp3) is 0. The summed E-state index contributed by atoms with van der Waals surface area (Å²) in [5.74, 6) is 0.530. The van der Waals surface area contributed by atoms with Gasteiger partial charge in [-0.05, 0) is 11.1 Å². The average Bonchev–Trinajstić information content (AvgIpc) is 2.97. The van der Waals surface area contributed by atoms with Crippen LogP contribution in [-0.4, -0.2) is 9.97 Å². The van der Waals surface area contributed by atoms with E-state index in [9.17, 15) is 0 Å². The first-order valence-electron chi connectivity index (χ1n) is 6.98. The van der Waals surface area contributed by atoms with Crippen molar-refractivity contribution in [2.75, 3.05) is 5.73 Å². The van der Waals surface area contributed by atoms with Crippen molar-refractivity contribution < 1.29 is 0 Å². The molecule has 4 aromatic rings. The first kappa shape index (κ1) is 13.0. The summed E-state index contributed by atoms with van der Waals surface area (Å²) in [6, 6.07) is 20.6. The van der Waals surface area contributed by atoms with Gasteiger partial charge in [0, 0.05) is 10.4 Å². The Morgan fingerprint density at radius 1 is 0.773 bits per heavy atom. The molecule has 0 amide bonds. The van der Waals surface area contributed by atoms with Gasteiger partial charge in [-0.3, -0.25) is 0 Å². The van der Waals surface area contributed by atoms with E-state index in [4.69, 9.17) is 5.73 Å². The molecule has 0 aliphatic heterocycles. The van der Waals surface area contributed by atoms with Crippen molar-refractivity contribution in [3.05, 3.63) is 67.0 Å². The molecule has 0 spiro atoms. The summed E-state index contributed by atoms with van der Waals surface area (Å²) in [7, 11) is 0. The second-order valence-corrected chi connectivity index (χ2v) is 5.98. The maximum absolute atomic E-state index is 6.14. The van der Waals surface area contributed by atoms with Crippen molar-refractivity contribution in [3.63, 3.8) is 0 Å². The zero-order chi connectivity index (χ0) is 14.9. The molecule has 22 heavy (non-hydrogen) atoms. The molecule has 2 heterocycles. The Bertz CT molecular complexity index is 931. The van der Waals surface area contributed by atoms with Gasteiger partial charge in [0.2, 0.25) is 0 Å². The Hall–Kier alpha value is -2.72. The van der Waals surface area contributed by atoms with E-state index in [1.54, 1.807) is 11.3 Å². The normalized spacial score (nSPS) is 10.9. The van der Waals surface area contributed by atoms with Gasteiger partial charge in [-0.25, -0.2) is 9.97 Å². The van der Waals surface area contributed by atoms with Gasteiger partial charge in [0.05, 0.1) is 5.39 Å². The third kappa shape index (κ3) is 2.05. The van der Waals surface area contributed by atoms with Gasteiger partial charge in [-0.2, -0.15) is 0 Å². The highest BCUT2D eigenvalue weighted by Gasteiger charge is 2.18. The van der Waals surface area contributed by atoms with E-state index < -0.39 is 0 Å². The lowest BCUT2D eigenvalue weighted by molar-refractivity contribution is 1.24. The van der Waals surface area contributed by atoms with Crippen LogP contribution in [-0.2, 0) is 0 Å². The molecule has 2 aromatic carbocycles. The highest BCUT2D eigenvalue weighted by molar-refractivity contribution is 7.22. The van der Waals surface area contributed by atoms with Crippen LogP contribution in [0, 0.1) is 0 Å². The molecule has 0 aliphatic carbocycles. The van der Waals surface area contributed by atoms with Crippen LogP contribution in [0.3, 0.4) is 0 Å². The van der Waals surface area contributed by atoms with E-state index in [1.165, 1.54) is 16.8 Å². The number of benzene rings is 2. The molecule has 0 saturated carbocycles. The number of thiophene rings is 1. The number of hydrogen-bond donors (Lipinski definition) is 1. The fourth-order valence-electron chi connectivity index (χ4n) is 2.63. The van der Waals surface area contributed by atoms with E-state index in [2.05, 4.69) is 34.2 Å². The highest BCUT2D eigenvalue weighted by atomic mass is 32.1. The fourth-order valence-corrected chi connectivity index (χ4v) is 3.81. The lowest BCUT2D eigenvalue weighted by Crippen LogP contribution is -1.92. The summed E-state index contributed by atoms with van der Waals surface area (Å²) < 4.78 is 0. The quantitative estimate of drug-likeness (QED) is 0.588. The van der Waals surface area contributed by atoms with Crippen molar-refractivity contribution >= 4 is 27.4 Å². The molecule has 0 saturated heterocycles. The topological polar surface area (TPSA) is 51.8 Å². The number of nitrogens with two attached hydrogens (primary N) is 1. The maximum atomic E-state index is 6.14. The summed E-state index contributed by atoms with van der Waals surface area (Å²) in [6.45, 7) is 0. The zero-order valence-electron chi connectivity index (χ0n) is 11.7. The van der Waals surface area contributed by atoms with E-state index in [1.807, 2.05) is 36.4 Å². The molecule has 106 valence electrons. The molecule has 0 fully saturated rings. The Morgan fingerprint density at radius 2 is 1.41 bits per heavy atom. The summed E-state index contributed by atoms with van der Waals surface area (Å²) in [5.41, 5.74) is 9.56. The third-order valence-electron chi connectivity index (χ3n) is 3.62. The van der Waals surface area contributed by atoms with Crippen molar-refractivity contribution in [2.24, 2.45) is 0 Å². The largest absolute Gasteiger partial charge is 0.383 e. The average molecular weight is 303 g/mol. The number of fused-ring (bicyclic) bond motifs is 1. The monoisotopic (exact) mass is 303 g/mol. The van der Waals surface area contributed by atoms with Crippen LogP contribution in [0.5, 0.6) is 0 Å². The van der Waals surface area contributed by atoms with Crippen LogP contribution >= 0.6 is 11.3 Å². The minimum atomic E-state index is 0.530. The van der Waals surface area contributed by atoms with Gasteiger partial charge < -0.3 is 5.73 Å². The third-order valence-corrected chi connectivity index (χ3v) is 4.76. The predicted molar refractivity (Wildman–Crippen MR) is 92.7 cm³/mol. The minimum absolute atomic E-state index is 0.530. The molecule has 2 aromatic heterocycles. The van der Waals surface area contributed by atoms with Gasteiger partial charge in [0.25, 0.3) is 0 Å². The number of anilines is 1. The second kappa shape index (κ2) is 5.24. The number of nitrogen functional groups attached to an aromatic ring is 1. The molecule has 0 radical (unpaired) electrons. The molecule has 0 atom stereocenters. The van der Waals surface area contributed by atoms with Crippen molar-refractivity contribution in [1.29, 1.82) is 0 Å². The smallest absolute Gasteiger partial charge is 0.136 e. The first-order valence-corrected chi connectivity index (χ1v) is 7.80. The maximum Gasteiger partial charge on any atom is 0.136 e. The first-order chi connectivity index (χ1) is 10.8. The van der Waals surface area contributed by atoms with Crippen LogP contribution in [0.2, 0.25) is 0 Å². The zero-order valence-corrected chi connectivity index (χ0v) is 12.5. The van der Waals surface area contributed by atoms with Gasteiger partial charge in [0.15, 0.2) is 0 Å². The van der Waals surface area contributed by atoms with Gasteiger partial charge in [-0.15, -0.1) is 11.3 Å². The molecule has 2 N–H and O–H groups in total. The predicted octanol–water partition coefficient (Wildman–Crippen LogP) is 4.61. The number of rotatable bonds is 2.